The Morgan fingerprint density at radius 1 is 1.42 bits per heavy atom. The monoisotopic (exact) mass is 191 g/mol. The molecule has 0 aromatic carbocycles. The van der Waals surface area contributed by atoms with Crippen molar-refractivity contribution < 1.29 is 4.21 Å². The van der Waals surface area contributed by atoms with Crippen LogP contribution in [-0.2, 0) is 10.8 Å². The van der Waals surface area contributed by atoms with Gasteiger partial charge in [0.2, 0.25) is 0 Å². The summed E-state index contributed by atoms with van der Waals surface area (Å²) in [5.74, 6) is 0.636. The number of nitrogens with two attached hydrogens (primary N) is 1. The van der Waals surface area contributed by atoms with Crippen LogP contribution in [-0.4, -0.2) is 20.8 Å². The van der Waals surface area contributed by atoms with Gasteiger partial charge in [-0.1, -0.05) is 13.3 Å². The predicted molar refractivity (Wildman–Crippen MR) is 55.6 cm³/mol. The highest BCUT2D eigenvalue weighted by atomic mass is 32.2. The number of rotatable bonds is 4. The first-order valence-corrected chi connectivity index (χ1v) is 5.84. The topological polar surface area (TPSA) is 43.1 Å². The highest BCUT2D eigenvalue weighted by Crippen LogP contribution is 2.12. The van der Waals surface area contributed by atoms with E-state index in [1.807, 2.05) is 20.8 Å². The summed E-state index contributed by atoms with van der Waals surface area (Å²) < 4.78 is 11.5. The molecule has 0 saturated heterocycles. The molecule has 2 N–H and O–H groups in total. The lowest BCUT2D eigenvalue weighted by molar-refractivity contribution is 0.617. The molecule has 2 nitrogen and oxygen atoms in total. The summed E-state index contributed by atoms with van der Waals surface area (Å²) >= 11 is 0. The van der Waals surface area contributed by atoms with Crippen molar-refractivity contribution in [2.24, 2.45) is 5.73 Å². The van der Waals surface area contributed by atoms with E-state index in [1.165, 1.54) is 0 Å². The van der Waals surface area contributed by atoms with Crippen molar-refractivity contribution in [3.8, 4) is 0 Å². The van der Waals surface area contributed by atoms with Crippen LogP contribution in [0.15, 0.2) is 0 Å². The van der Waals surface area contributed by atoms with Gasteiger partial charge >= 0.3 is 0 Å². The van der Waals surface area contributed by atoms with Crippen LogP contribution in [0.5, 0.6) is 0 Å². The summed E-state index contributed by atoms with van der Waals surface area (Å²) in [6.07, 6.45) is 2.05. The van der Waals surface area contributed by atoms with E-state index < -0.39 is 10.8 Å². The highest BCUT2D eigenvalue weighted by Gasteiger charge is 2.20. The van der Waals surface area contributed by atoms with Crippen LogP contribution in [0.2, 0.25) is 0 Å². The lowest BCUT2D eigenvalue weighted by Gasteiger charge is -2.20. The summed E-state index contributed by atoms with van der Waals surface area (Å²) in [5.41, 5.74) is 5.79. The maximum atomic E-state index is 11.6. The van der Waals surface area contributed by atoms with E-state index in [4.69, 9.17) is 5.73 Å². The van der Waals surface area contributed by atoms with Crippen molar-refractivity contribution in [1.29, 1.82) is 0 Å². The van der Waals surface area contributed by atoms with Crippen LogP contribution in [0.4, 0.5) is 0 Å². The zero-order valence-electron chi connectivity index (χ0n) is 8.59. The third-order valence-corrected chi connectivity index (χ3v) is 3.80. The lowest BCUT2D eigenvalue weighted by atomic mass is 10.2. The fourth-order valence-corrected chi connectivity index (χ4v) is 1.95. The number of hydrogen-bond donors (Lipinski definition) is 1. The summed E-state index contributed by atoms with van der Waals surface area (Å²) in [6.45, 7) is 8.06. The zero-order chi connectivity index (χ0) is 9.78. The molecule has 0 aliphatic rings. The highest BCUT2D eigenvalue weighted by molar-refractivity contribution is 7.86. The quantitative estimate of drug-likeness (QED) is 0.734. The molecule has 0 bridgehead atoms. The lowest BCUT2D eigenvalue weighted by Crippen LogP contribution is -2.34. The molecular weight excluding hydrogens is 170 g/mol. The van der Waals surface area contributed by atoms with Gasteiger partial charge in [-0.2, -0.15) is 0 Å². The largest absolute Gasteiger partial charge is 0.327 e. The van der Waals surface area contributed by atoms with Crippen LogP contribution in [0.1, 0.15) is 40.5 Å². The van der Waals surface area contributed by atoms with Gasteiger partial charge < -0.3 is 5.73 Å². The molecule has 74 valence electrons. The van der Waals surface area contributed by atoms with Gasteiger partial charge in [-0.15, -0.1) is 0 Å². The Morgan fingerprint density at radius 3 is 2.25 bits per heavy atom. The van der Waals surface area contributed by atoms with E-state index in [9.17, 15) is 4.21 Å². The second-order valence-corrected chi connectivity index (χ2v) is 6.42. The smallest absolute Gasteiger partial charge is 0.0391 e. The average Bonchev–Trinajstić information content (AvgIpc) is 1.85. The van der Waals surface area contributed by atoms with E-state index in [2.05, 4.69) is 6.92 Å². The van der Waals surface area contributed by atoms with Crippen molar-refractivity contribution in [1.82, 2.24) is 0 Å². The summed E-state index contributed by atoms with van der Waals surface area (Å²) in [5, 5.41) is 0. The molecule has 0 fully saturated rings. The van der Waals surface area contributed by atoms with E-state index in [1.54, 1.807) is 0 Å². The first kappa shape index (κ1) is 12.1. The van der Waals surface area contributed by atoms with Crippen molar-refractivity contribution in [2.75, 3.05) is 5.75 Å². The molecule has 0 rings (SSSR count). The molecule has 0 aliphatic heterocycles. The van der Waals surface area contributed by atoms with Gasteiger partial charge in [-0.3, -0.25) is 4.21 Å². The van der Waals surface area contributed by atoms with Gasteiger partial charge in [0.1, 0.15) is 0 Å². The van der Waals surface area contributed by atoms with Gasteiger partial charge in [-0.25, -0.2) is 0 Å². The van der Waals surface area contributed by atoms with Crippen LogP contribution in [0.25, 0.3) is 0 Å². The van der Waals surface area contributed by atoms with Crippen LogP contribution in [0.3, 0.4) is 0 Å². The Hall–Kier alpha value is 0.110. The molecule has 3 heteroatoms. The minimum absolute atomic E-state index is 0.107. The zero-order valence-corrected chi connectivity index (χ0v) is 9.41. The van der Waals surface area contributed by atoms with Crippen LogP contribution >= 0.6 is 0 Å². The SMILES string of the molecule is CCCC(N)CS(=O)C(C)(C)C. The minimum Gasteiger partial charge on any atom is -0.327 e. The molecule has 0 aliphatic carbocycles. The average molecular weight is 191 g/mol. The summed E-state index contributed by atoms with van der Waals surface area (Å²) in [7, 11) is -0.794. The molecular formula is C9H21NOS. The molecule has 2 atom stereocenters. The third-order valence-electron chi connectivity index (χ3n) is 1.71. The van der Waals surface area contributed by atoms with Crippen LogP contribution in [0, 0.1) is 0 Å². The Balaban J connectivity index is 3.85. The second-order valence-electron chi connectivity index (χ2n) is 4.17. The molecule has 2 unspecified atom stereocenters. The molecule has 0 saturated carbocycles. The van der Waals surface area contributed by atoms with Crippen molar-refractivity contribution in [3.63, 3.8) is 0 Å². The summed E-state index contributed by atoms with van der Waals surface area (Å²) in [4.78, 5) is 0. The van der Waals surface area contributed by atoms with Gasteiger partial charge in [-0.05, 0) is 27.2 Å². The standard InChI is InChI=1S/C9H21NOS/c1-5-6-8(10)7-12(11)9(2,3)4/h8H,5-7,10H2,1-4H3. The molecule has 0 aromatic rings. The van der Waals surface area contributed by atoms with Crippen molar-refractivity contribution in [3.05, 3.63) is 0 Å². The molecule has 0 amide bonds. The summed E-state index contributed by atoms with van der Waals surface area (Å²) in [6, 6.07) is 0.107. The predicted octanol–water partition coefficient (Wildman–Crippen LogP) is 1.66. The molecule has 0 heterocycles. The maximum Gasteiger partial charge on any atom is 0.0391 e. The molecule has 12 heavy (non-hydrogen) atoms. The Morgan fingerprint density at radius 2 is 1.92 bits per heavy atom. The van der Waals surface area contributed by atoms with E-state index in [0.29, 0.717) is 5.75 Å². The first-order chi connectivity index (χ1) is 5.38. The Kier molecular flexibility index (Phi) is 5.02. The van der Waals surface area contributed by atoms with Crippen molar-refractivity contribution >= 4 is 10.8 Å². The minimum atomic E-state index is -0.794. The fourth-order valence-electron chi connectivity index (χ4n) is 0.899. The first-order valence-electron chi connectivity index (χ1n) is 4.52. The second kappa shape index (κ2) is 4.97. The van der Waals surface area contributed by atoms with Gasteiger partial charge in [0.05, 0.1) is 0 Å². The molecule has 0 radical (unpaired) electrons. The Labute approximate surface area is 78.4 Å². The normalized spacial score (nSPS) is 17.4. The number of hydrogen-bond acceptors (Lipinski definition) is 2. The Bertz CT molecular complexity index is 151. The maximum absolute atomic E-state index is 11.6. The van der Waals surface area contributed by atoms with Gasteiger partial charge in [0, 0.05) is 27.3 Å². The van der Waals surface area contributed by atoms with Gasteiger partial charge in [0.25, 0.3) is 0 Å². The molecule has 0 aromatic heterocycles. The van der Waals surface area contributed by atoms with Crippen molar-refractivity contribution in [2.45, 2.75) is 51.3 Å². The molecule has 0 spiro atoms. The van der Waals surface area contributed by atoms with Gasteiger partial charge in [0.15, 0.2) is 0 Å². The third kappa shape index (κ3) is 4.88. The van der Waals surface area contributed by atoms with E-state index >= 15 is 0 Å². The fraction of sp³-hybridized carbons (Fsp3) is 1.00. The van der Waals surface area contributed by atoms with E-state index in [-0.39, 0.29) is 10.8 Å². The van der Waals surface area contributed by atoms with E-state index in [0.717, 1.165) is 12.8 Å². The van der Waals surface area contributed by atoms with Crippen LogP contribution < -0.4 is 5.73 Å².